The fourth-order valence-corrected chi connectivity index (χ4v) is 4.90. The van der Waals surface area contributed by atoms with Gasteiger partial charge < -0.3 is 4.74 Å². The third-order valence-electron chi connectivity index (χ3n) is 5.45. The van der Waals surface area contributed by atoms with Crippen LogP contribution in [-0.2, 0) is 14.9 Å². The van der Waals surface area contributed by atoms with Crippen molar-refractivity contribution in [3.63, 3.8) is 0 Å². The Morgan fingerprint density at radius 1 is 1.35 bits per heavy atom. The number of carbonyl (C=O) groups is 1. The van der Waals surface area contributed by atoms with E-state index in [0.717, 1.165) is 25.8 Å². The molecule has 1 unspecified atom stereocenters. The van der Waals surface area contributed by atoms with Crippen LogP contribution in [0.4, 0.5) is 0 Å². The maximum Gasteiger partial charge on any atom is 0.317 e. The fourth-order valence-electron chi connectivity index (χ4n) is 3.93. The molecule has 5 rings (SSSR count). The van der Waals surface area contributed by atoms with Crippen LogP contribution in [0.1, 0.15) is 37.0 Å². The van der Waals surface area contributed by atoms with Gasteiger partial charge in [-0.3, -0.25) is 9.69 Å². The molecule has 1 atom stereocenters. The highest BCUT2D eigenvalue weighted by atomic mass is 32.1. The zero-order valence-corrected chi connectivity index (χ0v) is 12.5. The van der Waals surface area contributed by atoms with Crippen LogP contribution in [0.3, 0.4) is 0 Å². The molecule has 4 fully saturated rings. The summed E-state index contributed by atoms with van der Waals surface area (Å²) in [7, 11) is 0. The van der Waals surface area contributed by atoms with Crippen molar-refractivity contribution < 1.29 is 9.53 Å². The van der Waals surface area contributed by atoms with Crippen LogP contribution in [0, 0.1) is 5.92 Å². The lowest BCUT2D eigenvalue weighted by molar-refractivity contribution is -0.169. The Kier molecular flexibility index (Phi) is 3.11. The first-order valence-corrected chi connectivity index (χ1v) is 8.63. The first-order valence-electron chi connectivity index (χ1n) is 7.75. The fraction of sp³-hybridized carbons (Fsp3) is 0.688. The standard InChI is InChI=1S/C16H21NO2S/c18-15(16(6-2-7-16)14-3-1-10-20-14)19-13-11-17-8-4-12(13)5-9-17/h1,3,10,12-13H,2,4-9,11H2. The topological polar surface area (TPSA) is 29.5 Å². The van der Waals surface area contributed by atoms with E-state index in [2.05, 4.69) is 16.3 Å². The Bertz CT molecular complexity index is 487. The van der Waals surface area contributed by atoms with E-state index in [1.165, 1.54) is 30.8 Å². The van der Waals surface area contributed by atoms with Crippen molar-refractivity contribution in [2.75, 3.05) is 19.6 Å². The molecule has 0 amide bonds. The number of rotatable bonds is 3. The third kappa shape index (κ3) is 1.92. The van der Waals surface area contributed by atoms with Gasteiger partial charge in [0.15, 0.2) is 0 Å². The van der Waals surface area contributed by atoms with Crippen LogP contribution < -0.4 is 0 Å². The monoisotopic (exact) mass is 291 g/mol. The molecule has 0 spiro atoms. The molecule has 1 aliphatic carbocycles. The van der Waals surface area contributed by atoms with Gasteiger partial charge in [0.05, 0.1) is 0 Å². The predicted molar refractivity (Wildman–Crippen MR) is 78.9 cm³/mol. The molecule has 0 radical (unpaired) electrons. The van der Waals surface area contributed by atoms with Gasteiger partial charge in [0.25, 0.3) is 0 Å². The Morgan fingerprint density at radius 3 is 2.65 bits per heavy atom. The average Bonchev–Trinajstić information content (AvgIpc) is 2.93. The summed E-state index contributed by atoms with van der Waals surface area (Å²) in [6.45, 7) is 3.33. The van der Waals surface area contributed by atoms with Gasteiger partial charge in [0.2, 0.25) is 0 Å². The number of carbonyl (C=O) groups excluding carboxylic acids is 1. The van der Waals surface area contributed by atoms with Crippen molar-refractivity contribution in [3.8, 4) is 0 Å². The highest BCUT2D eigenvalue weighted by molar-refractivity contribution is 7.10. The summed E-state index contributed by atoms with van der Waals surface area (Å²) in [5.74, 6) is 0.648. The van der Waals surface area contributed by atoms with Crippen LogP contribution in [0.15, 0.2) is 17.5 Å². The molecule has 4 heteroatoms. The number of hydrogen-bond donors (Lipinski definition) is 0. The van der Waals surface area contributed by atoms with Crippen molar-refractivity contribution in [2.45, 2.75) is 43.6 Å². The van der Waals surface area contributed by atoms with Crippen LogP contribution >= 0.6 is 11.3 Å². The SMILES string of the molecule is O=C(OC1CN2CCC1CC2)C1(c2cccs2)CCC1. The van der Waals surface area contributed by atoms with Crippen LogP contribution in [0.25, 0.3) is 0 Å². The molecule has 3 nitrogen and oxygen atoms in total. The third-order valence-corrected chi connectivity index (χ3v) is 6.52. The van der Waals surface area contributed by atoms with Crippen LogP contribution in [0.5, 0.6) is 0 Å². The first kappa shape index (κ1) is 12.8. The Balaban J connectivity index is 1.50. The first-order chi connectivity index (χ1) is 9.78. The van der Waals surface area contributed by atoms with E-state index >= 15 is 0 Å². The Labute approximate surface area is 123 Å². The average molecular weight is 291 g/mol. The van der Waals surface area contributed by atoms with Gasteiger partial charge in [-0.2, -0.15) is 0 Å². The number of esters is 1. The van der Waals surface area contributed by atoms with Gasteiger partial charge >= 0.3 is 5.97 Å². The smallest absolute Gasteiger partial charge is 0.317 e. The summed E-state index contributed by atoms with van der Waals surface area (Å²) >= 11 is 1.70. The number of nitrogens with zero attached hydrogens (tertiary/aromatic N) is 1. The van der Waals surface area contributed by atoms with E-state index in [9.17, 15) is 4.79 Å². The molecular weight excluding hydrogens is 270 g/mol. The summed E-state index contributed by atoms with van der Waals surface area (Å²) in [5.41, 5.74) is -0.305. The van der Waals surface area contributed by atoms with Crippen molar-refractivity contribution in [2.24, 2.45) is 5.92 Å². The summed E-state index contributed by atoms with van der Waals surface area (Å²) in [6, 6.07) is 4.14. The van der Waals surface area contributed by atoms with Gasteiger partial charge in [0.1, 0.15) is 11.5 Å². The lowest BCUT2D eigenvalue weighted by Crippen LogP contribution is -2.54. The largest absolute Gasteiger partial charge is 0.460 e. The van der Waals surface area contributed by atoms with E-state index in [4.69, 9.17) is 4.74 Å². The number of thiophene rings is 1. The van der Waals surface area contributed by atoms with Crippen LogP contribution in [0.2, 0.25) is 0 Å². The van der Waals surface area contributed by atoms with Gasteiger partial charge in [-0.15, -0.1) is 11.3 Å². The molecule has 0 N–H and O–H groups in total. The summed E-state index contributed by atoms with van der Waals surface area (Å²) < 4.78 is 5.98. The summed E-state index contributed by atoms with van der Waals surface area (Å²) in [4.78, 5) is 16.4. The van der Waals surface area contributed by atoms with Crippen LogP contribution in [-0.4, -0.2) is 36.6 Å². The molecule has 4 aliphatic rings. The number of piperidine rings is 3. The molecular formula is C16H21NO2S. The Hall–Kier alpha value is -0.870. The molecule has 0 aromatic carbocycles. The van der Waals surface area contributed by atoms with Gasteiger partial charge in [-0.05, 0) is 56.1 Å². The van der Waals surface area contributed by atoms with Crippen molar-refractivity contribution in [3.05, 3.63) is 22.4 Å². The minimum Gasteiger partial charge on any atom is -0.460 e. The van der Waals surface area contributed by atoms with Gasteiger partial charge in [-0.25, -0.2) is 0 Å². The number of ether oxygens (including phenoxy) is 1. The van der Waals surface area contributed by atoms with E-state index < -0.39 is 0 Å². The zero-order chi connectivity index (χ0) is 13.6. The van der Waals surface area contributed by atoms with Crippen molar-refractivity contribution in [1.82, 2.24) is 4.90 Å². The lowest BCUT2D eigenvalue weighted by atomic mass is 9.67. The number of fused-ring (bicyclic) bond motifs is 3. The predicted octanol–water partition coefficient (Wildman–Crippen LogP) is 2.81. The normalized spacial score (nSPS) is 34.5. The molecule has 1 aromatic heterocycles. The molecule has 3 aliphatic heterocycles. The maximum atomic E-state index is 12.8. The minimum absolute atomic E-state index is 0.0462. The Morgan fingerprint density at radius 2 is 2.15 bits per heavy atom. The highest BCUT2D eigenvalue weighted by Crippen LogP contribution is 2.47. The molecule has 1 aromatic rings. The highest BCUT2D eigenvalue weighted by Gasteiger charge is 2.49. The quantitative estimate of drug-likeness (QED) is 0.802. The second kappa shape index (κ2) is 4.85. The van der Waals surface area contributed by atoms with E-state index in [-0.39, 0.29) is 17.5 Å². The molecule has 4 heterocycles. The molecule has 108 valence electrons. The zero-order valence-electron chi connectivity index (χ0n) is 11.7. The second-order valence-electron chi connectivity index (χ2n) is 6.49. The van der Waals surface area contributed by atoms with E-state index in [1.54, 1.807) is 11.3 Å². The minimum atomic E-state index is -0.305. The van der Waals surface area contributed by atoms with E-state index in [1.807, 2.05) is 6.07 Å². The lowest BCUT2D eigenvalue weighted by Gasteiger charge is -2.46. The van der Waals surface area contributed by atoms with Crippen molar-refractivity contribution >= 4 is 17.3 Å². The maximum absolute atomic E-state index is 12.8. The van der Waals surface area contributed by atoms with Gasteiger partial charge in [0, 0.05) is 11.4 Å². The second-order valence-corrected chi connectivity index (χ2v) is 7.44. The molecule has 1 saturated carbocycles. The summed E-state index contributed by atoms with van der Waals surface area (Å²) in [5, 5.41) is 2.07. The van der Waals surface area contributed by atoms with Crippen molar-refractivity contribution in [1.29, 1.82) is 0 Å². The van der Waals surface area contributed by atoms with E-state index in [0.29, 0.717) is 5.92 Å². The molecule has 20 heavy (non-hydrogen) atoms. The molecule has 3 saturated heterocycles. The summed E-state index contributed by atoms with van der Waals surface area (Å²) in [6.07, 6.45) is 5.62. The molecule has 2 bridgehead atoms. The number of hydrogen-bond acceptors (Lipinski definition) is 4. The van der Waals surface area contributed by atoms with Gasteiger partial charge in [-0.1, -0.05) is 12.5 Å².